The van der Waals surface area contributed by atoms with Crippen molar-refractivity contribution in [2.45, 2.75) is 0 Å². The van der Waals surface area contributed by atoms with Gasteiger partial charge in [-0.05, 0) is 42.5 Å². The highest BCUT2D eigenvalue weighted by atomic mass is 16.3. The predicted octanol–water partition coefficient (Wildman–Crippen LogP) is 11.9. The third-order valence-corrected chi connectivity index (χ3v) is 9.77. The fraction of sp³-hybridized carbons (Fsp3) is 0. The van der Waals surface area contributed by atoms with E-state index in [2.05, 4.69) is 89.5 Å². The van der Waals surface area contributed by atoms with Crippen molar-refractivity contribution < 1.29 is 8.83 Å². The van der Waals surface area contributed by atoms with Crippen LogP contribution in [0.4, 0.5) is 0 Å². The molecule has 228 valence electrons. The molecule has 0 radical (unpaired) electrons. The van der Waals surface area contributed by atoms with Crippen LogP contribution in [0.25, 0.3) is 105 Å². The van der Waals surface area contributed by atoms with Crippen molar-refractivity contribution in [3.63, 3.8) is 0 Å². The quantitative estimate of drug-likeness (QED) is 0.196. The molecule has 0 unspecified atom stereocenters. The van der Waals surface area contributed by atoms with Gasteiger partial charge in [0, 0.05) is 43.7 Å². The summed E-state index contributed by atoms with van der Waals surface area (Å²) < 4.78 is 15.9. The Morgan fingerprint density at radius 2 is 0.918 bits per heavy atom. The predicted molar refractivity (Wildman–Crippen MR) is 199 cm³/mol. The smallest absolute Gasteiger partial charge is 0.160 e. The van der Waals surface area contributed by atoms with E-state index in [1.807, 2.05) is 66.7 Å². The van der Waals surface area contributed by atoms with Gasteiger partial charge in [-0.25, -0.2) is 9.97 Å². The van der Waals surface area contributed by atoms with Crippen molar-refractivity contribution in [2.24, 2.45) is 0 Å². The van der Waals surface area contributed by atoms with Crippen LogP contribution in [0.5, 0.6) is 0 Å². The van der Waals surface area contributed by atoms with E-state index in [-0.39, 0.29) is 0 Å². The van der Waals surface area contributed by atoms with E-state index >= 15 is 0 Å². The zero-order valence-electron chi connectivity index (χ0n) is 26.1. The largest absolute Gasteiger partial charge is 0.455 e. The van der Waals surface area contributed by atoms with E-state index in [1.54, 1.807) is 0 Å². The van der Waals surface area contributed by atoms with Crippen LogP contribution in [0.2, 0.25) is 0 Å². The lowest BCUT2D eigenvalue weighted by Crippen LogP contribution is -1.97. The van der Waals surface area contributed by atoms with Crippen LogP contribution in [0.3, 0.4) is 0 Å². The van der Waals surface area contributed by atoms with E-state index < -0.39 is 0 Å². The molecule has 4 heterocycles. The van der Waals surface area contributed by atoms with Gasteiger partial charge in [-0.1, -0.05) is 109 Å². The van der Waals surface area contributed by atoms with Crippen molar-refractivity contribution in [1.29, 1.82) is 0 Å². The summed E-state index contributed by atoms with van der Waals surface area (Å²) in [5, 5.41) is 6.48. The lowest BCUT2D eigenvalue weighted by atomic mass is 10.0. The number of hydrogen-bond donors (Lipinski definition) is 0. The Bertz CT molecular complexity index is 3090. The second-order valence-electron chi connectivity index (χ2n) is 12.5. The number of rotatable bonds is 3. The maximum absolute atomic E-state index is 6.80. The fourth-order valence-electron chi connectivity index (χ4n) is 7.65. The Hall–Kier alpha value is -6.72. The molecule has 11 aromatic rings. The van der Waals surface area contributed by atoms with Crippen LogP contribution in [0, 0.1) is 0 Å². The summed E-state index contributed by atoms with van der Waals surface area (Å²) >= 11 is 0. The highest BCUT2D eigenvalue weighted by Crippen LogP contribution is 2.48. The number of aromatic nitrogens is 3. The van der Waals surface area contributed by atoms with Crippen LogP contribution in [0.15, 0.2) is 160 Å². The number of nitrogens with zero attached hydrogens (tertiary/aromatic N) is 3. The van der Waals surface area contributed by atoms with E-state index in [9.17, 15) is 0 Å². The molecule has 0 bridgehead atoms. The molecule has 11 rings (SSSR count). The maximum atomic E-state index is 6.80. The summed E-state index contributed by atoms with van der Waals surface area (Å²) in [5.74, 6) is 0. The van der Waals surface area contributed by atoms with Gasteiger partial charge >= 0.3 is 0 Å². The van der Waals surface area contributed by atoms with E-state index in [4.69, 9.17) is 18.8 Å². The van der Waals surface area contributed by atoms with Crippen molar-refractivity contribution in [3.8, 4) is 28.2 Å². The molecule has 0 spiro atoms. The van der Waals surface area contributed by atoms with Crippen molar-refractivity contribution in [1.82, 2.24) is 14.5 Å². The molecule has 49 heavy (non-hydrogen) atoms. The van der Waals surface area contributed by atoms with Gasteiger partial charge in [0.15, 0.2) is 5.58 Å². The second-order valence-corrected chi connectivity index (χ2v) is 12.5. The molecular weight excluding hydrogens is 603 g/mol. The lowest BCUT2D eigenvalue weighted by Gasteiger charge is -2.12. The van der Waals surface area contributed by atoms with Crippen LogP contribution in [-0.4, -0.2) is 14.5 Å². The standard InChI is InChI=1S/C44H25N3O2/c1-2-12-26(13-3-1)40-41(46-33-18-8-7-17-32(33)45-40)27-22-24-28(25-23-27)47-34-19-9-4-14-29(34)39-42(47)44-38(31-16-6-11-21-36(31)49-44)37-30-15-5-10-20-35(30)48-43(37)39/h1-25H. The van der Waals surface area contributed by atoms with Gasteiger partial charge in [0.1, 0.15) is 22.3 Å². The first-order valence-corrected chi connectivity index (χ1v) is 16.4. The van der Waals surface area contributed by atoms with E-state index in [0.29, 0.717) is 0 Å². The molecule has 5 nitrogen and oxygen atoms in total. The summed E-state index contributed by atoms with van der Waals surface area (Å²) in [6, 6.07) is 52.1. The van der Waals surface area contributed by atoms with E-state index in [1.165, 1.54) is 0 Å². The van der Waals surface area contributed by atoms with Crippen LogP contribution >= 0.6 is 0 Å². The molecule has 0 aliphatic carbocycles. The molecule has 0 N–H and O–H groups in total. The van der Waals surface area contributed by atoms with Gasteiger partial charge in [0.25, 0.3) is 0 Å². The number of furan rings is 2. The Morgan fingerprint density at radius 1 is 0.408 bits per heavy atom. The lowest BCUT2D eigenvalue weighted by molar-refractivity contribution is 0.667. The molecule has 0 aliphatic rings. The molecular formula is C44H25N3O2. The molecule has 5 heteroatoms. The summed E-state index contributed by atoms with van der Waals surface area (Å²) in [6.45, 7) is 0. The van der Waals surface area contributed by atoms with Crippen molar-refractivity contribution in [2.75, 3.05) is 0 Å². The normalized spacial score (nSPS) is 12.1. The van der Waals surface area contributed by atoms with Crippen molar-refractivity contribution in [3.05, 3.63) is 152 Å². The average molecular weight is 628 g/mol. The third-order valence-electron chi connectivity index (χ3n) is 9.77. The molecule has 0 saturated carbocycles. The molecule has 0 saturated heterocycles. The molecule has 0 atom stereocenters. The molecule has 0 amide bonds. The van der Waals surface area contributed by atoms with Crippen molar-refractivity contribution >= 4 is 76.7 Å². The highest BCUT2D eigenvalue weighted by Gasteiger charge is 2.26. The Morgan fingerprint density at radius 3 is 1.59 bits per heavy atom. The Labute approximate surface area is 279 Å². The Balaban J connectivity index is 1.22. The monoisotopic (exact) mass is 627 g/mol. The summed E-state index contributed by atoms with van der Waals surface area (Å²) in [5.41, 5.74) is 12.0. The number of para-hydroxylation sites is 5. The fourth-order valence-corrected chi connectivity index (χ4v) is 7.65. The molecule has 0 fully saturated rings. The second kappa shape index (κ2) is 9.89. The average Bonchev–Trinajstić information content (AvgIpc) is 3.84. The maximum Gasteiger partial charge on any atom is 0.160 e. The minimum Gasteiger partial charge on any atom is -0.455 e. The molecule has 4 aromatic heterocycles. The van der Waals surface area contributed by atoms with E-state index in [0.717, 1.165) is 105 Å². The van der Waals surface area contributed by atoms with Gasteiger partial charge in [-0.3, -0.25) is 0 Å². The van der Waals surface area contributed by atoms with Crippen LogP contribution < -0.4 is 0 Å². The van der Waals surface area contributed by atoms with Gasteiger partial charge in [-0.2, -0.15) is 0 Å². The van der Waals surface area contributed by atoms with Crippen LogP contribution in [-0.2, 0) is 0 Å². The van der Waals surface area contributed by atoms with Gasteiger partial charge < -0.3 is 13.4 Å². The minimum atomic E-state index is 0.849. The summed E-state index contributed by atoms with van der Waals surface area (Å²) in [6.07, 6.45) is 0. The number of fused-ring (bicyclic) bond motifs is 13. The number of hydrogen-bond acceptors (Lipinski definition) is 4. The molecule has 0 aliphatic heterocycles. The Kier molecular flexibility index (Phi) is 5.32. The first-order chi connectivity index (χ1) is 24.3. The van der Waals surface area contributed by atoms with Gasteiger partial charge in [0.2, 0.25) is 0 Å². The zero-order valence-corrected chi connectivity index (χ0v) is 26.1. The number of benzene rings is 7. The van der Waals surface area contributed by atoms with Gasteiger partial charge in [-0.15, -0.1) is 0 Å². The van der Waals surface area contributed by atoms with Crippen LogP contribution in [0.1, 0.15) is 0 Å². The first kappa shape index (κ1) is 26.4. The zero-order chi connectivity index (χ0) is 32.1. The summed E-state index contributed by atoms with van der Waals surface area (Å²) in [4.78, 5) is 10.2. The first-order valence-electron chi connectivity index (χ1n) is 16.4. The minimum absolute atomic E-state index is 0.849. The SMILES string of the molecule is c1ccc(-c2nc3ccccc3nc2-c2ccc(-n3c4ccccc4c4c5oc6ccccc6c5c5c6ccccc6oc5c43)cc2)cc1. The summed E-state index contributed by atoms with van der Waals surface area (Å²) in [7, 11) is 0. The third kappa shape index (κ3) is 3.70. The van der Waals surface area contributed by atoms with Gasteiger partial charge in [0.05, 0.1) is 33.3 Å². The molecule has 7 aromatic carbocycles. The highest BCUT2D eigenvalue weighted by molar-refractivity contribution is 6.38. The topological polar surface area (TPSA) is 57.0 Å².